The highest BCUT2D eigenvalue weighted by Crippen LogP contribution is 2.26. The SMILES string of the molecule is COc1ccc(OCC(=O)N/N=C/c2ccc(-c3ccc(C(=O)O)cc3C)o2)cc1. The van der Waals surface area contributed by atoms with Gasteiger partial charge in [0.25, 0.3) is 5.91 Å². The van der Waals surface area contributed by atoms with Crippen molar-refractivity contribution < 1.29 is 28.6 Å². The predicted molar refractivity (Wildman–Crippen MR) is 110 cm³/mol. The summed E-state index contributed by atoms with van der Waals surface area (Å²) in [7, 11) is 1.57. The molecule has 0 atom stereocenters. The fourth-order valence-corrected chi connectivity index (χ4v) is 2.66. The molecule has 0 saturated heterocycles. The van der Waals surface area contributed by atoms with Gasteiger partial charge in [0.05, 0.1) is 18.9 Å². The zero-order valence-electron chi connectivity index (χ0n) is 16.4. The number of amides is 1. The summed E-state index contributed by atoms with van der Waals surface area (Å²) in [6, 6.07) is 15.1. The van der Waals surface area contributed by atoms with E-state index >= 15 is 0 Å². The van der Waals surface area contributed by atoms with E-state index in [1.165, 1.54) is 12.3 Å². The van der Waals surface area contributed by atoms with Gasteiger partial charge in [0.2, 0.25) is 0 Å². The largest absolute Gasteiger partial charge is 0.497 e. The molecule has 0 unspecified atom stereocenters. The van der Waals surface area contributed by atoms with Gasteiger partial charge in [0, 0.05) is 5.56 Å². The standard InChI is InChI=1S/C22H20N2O6/c1-14-11-15(22(26)27)3-9-19(14)20-10-8-18(30-20)12-23-24-21(25)13-29-17-6-4-16(28-2)5-7-17/h3-12H,13H2,1-2H3,(H,24,25)(H,26,27)/b23-12+. The van der Waals surface area contributed by atoms with Crippen LogP contribution in [0, 0.1) is 6.92 Å². The van der Waals surface area contributed by atoms with Crippen molar-refractivity contribution in [2.24, 2.45) is 5.10 Å². The zero-order valence-corrected chi connectivity index (χ0v) is 16.4. The number of carboxylic acids is 1. The van der Waals surface area contributed by atoms with E-state index in [0.29, 0.717) is 23.0 Å². The molecule has 8 nitrogen and oxygen atoms in total. The summed E-state index contributed by atoms with van der Waals surface area (Å²) in [5.41, 5.74) is 4.12. The number of benzene rings is 2. The highest BCUT2D eigenvalue weighted by molar-refractivity contribution is 5.89. The zero-order chi connectivity index (χ0) is 21.5. The minimum atomic E-state index is -0.983. The average Bonchev–Trinajstić information content (AvgIpc) is 3.21. The fourth-order valence-electron chi connectivity index (χ4n) is 2.66. The number of ether oxygens (including phenoxy) is 2. The summed E-state index contributed by atoms with van der Waals surface area (Å²) >= 11 is 0. The summed E-state index contributed by atoms with van der Waals surface area (Å²) in [5.74, 6) is 0.831. The van der Waals surface area contributed by atoms with Crippen molar-refractivity contribution in [3.8, 4) is 22.8 Å². The van der Waals surface area contributed by atoms with E-state index in [0.717, 1.165) is 11.1 Å². The van der Waals surface area contributed by atoms with Crippen molar-refractivity contribution in [3.63, 3.8) is 0 Å². The Balaban J connectivity index is 1.54. The van der Waals surface area contributed by atoms with Gasteiger partial charge in [-0.1, -0.05) is 6.07 Å². The lowest BCUT2D eigenvalue weighted by Gasteiger charge is -2.05. The second kappa shape index (κ2) is 9.42. The maximum Gasteiger partial charge on any atom is 0.335 e. The summed E-state index contributed by atoms with van der Waals surface area (Å²) in [6.45, 7) is 1.61. The van der Waals surface area contributed by atoms with Crippen LogP contribution >= 0.6 is 0 Å². The second-order valence-corrected chi connectivity index (χ2v) is 6.29. The van der Waals surface area contributed by atoms with E-state index in [-0.39, 0.29) is 12.2 Å². The highest BCUT2D eigenvalue weighted by Gasteiger charge is 2.10. The van der Waals surface area contributed by atoms with E-state index < -0.39 is 11.9 Å². The normalized spacial score (nSPS) is 10.7. The van der Waals surface area contributed by atoms with Crippen LogP contribution in [-0.4, -0.2) is 36.9 Å². The van der Waals surface area contributed by atoms with Crippen LogP contribution in [0.3, 0.4) is 0 Å². The number of hydrogen-bond acceptors (Lipinski definition) is 6. The number of nitrogens with zero attached hydrogens (tertiary/aromatic N) is 1. The Morgan fingerprint density at radius 1 is 1.10 bits per heavy atom. The molecule has 0 aliphatic carbocycles. The molecule has 3 rings (SSSR count). The fraction of sp³-hybridized carbons (Fsp3) is 0.136. The Morgan fingerprint density at radius 3 is 2.50 bits per heavy atom. The predicted octanol–water partition coefficient (Wildman–Crippen LogP) is 3.49. The molecule has 0 spiro atoms. The number of nitrogens with one attached hydrogen (secondary N) is 1. The number of hydrazone groups is 1. The van der Waals surface area contributed by atoms with E-state index in [1.807, 2.05) is 0 Å². The van der Waals surface area contributed by atoms with Gasteiger partial charge in [-0.05, 0) is 61.0 Å². The number of aromatic carboxylic acids is 1. The Labute approximate surface area is 172 Å². The van der Waals surface area contributed by atoms with Crippen molar-refractivity contribution in [2.45, 2.75) is 6.92 Å². The van der Waals surface area contributed by atoms with Crippen LogP contribution in [0.2, 0.25) is 0 Å². The van der Waals surface area contributed by atoms with Crippen molar-refractivity contribution in [3.05, 3.63) is 71.5 Å². The van der Waals surface area contributed by atoms with Gasteiger partial charge in [-0.15, -0.1) is 0 Å². The van der Waals surface area contributed by atoms with Gasteiger partial charge in [-0.3, -0.25) is 4.79 Å². The quantitative estimate of drug-likeness (QED) is 0.436. The molecule has 154 valence electrons. The molecular formula is C22H20N2O6. The Kier molecular flexibility index (Phi) is 6.49. The van der Waals surface area contributed by atoms with Gasteiger partial charge in [0.1, 0.15) is 23.0 Å². The van der Waals surface area contributed by atoms with Gasteiger partial charge in [-0.2, -0.15) is 5.10 Å². The third kappa shape index (κ3) is 5.26. The number of hydrogen-bond donors (Lipinski definition) is 2. The highest BCUT2D eigenvalue weighted by atomic mass is 16.5. The van der Waals surface area contributed by atoms with E-state index in [1.54, 1.807) is 62.6 Å². The monoisotopic (exact) mass is 408 g/mol. The van der Waals surface area contributed by atoms with Gasteiger partial charge >= 0.3 is 5.97 Å². The van der Waals surface area contributed by atoms with Crippen LogP contribution in [0.15, 0.2) is 64.1 Å². The third-order valence-corrected chi connectivity index (χ3v) is 4.18. The molecule has 2 aromatic carbocycles. The van der Waals surface area contributed by atoms with Gasteiger partial charge in [-0.25, -0.2) is 10.2 Å². The van der Waals surface area contributed by atoms with Crippen LogP contribution in [-0.2, 0) is 4.79 Å². The third-order valence-electron chi connectivity index (χ3n) is 4.18. The van der Waals surface area contributed by atoms with E-state index in [4.69, 9.17) is 19.0 Å². The van der Waals surface area contributed by atoms with Gasteiger partial charge in [0.15, 0.2) is 6.61 Å². The van der Waals surface area contributed by atoms with Crippen LogP contribution in [0.25, 0.3) is 11.3 Å². The molecule has 30 heavy (non-hydrogen) atoms. The first kappa shape index (κ1) is 20.7. The maximum atomic E-state index is 11.8. The smallest absolute Gasteiger partial charge is 0.335 e. The first-order valence-corrected chi connectivity index (χ1v) is 8.99. The summed E-state index contributed by atoms with van der Waals surface area (Å²) in [5, 5.41) is 12.9. The topological polar surface area (TPSA) is 110 Å². The maximum absolute atomic E-state index is 11.8. The first-order chi connectivity index (χ1) is 14.5. The Hall–Kier alpha value is -4.07. The van der Waals surface area contributed by atoms with Crippen LogP contribution in [0.1, 0.15) is 21.7 Å². The van der Waals surface area contributed by atoms with Crippen LogP contribution in [0.5, 0.6) is 11.5 Å². The number of aryl methyl sites for hydroxylation is 1. The molecule has 8 heteroatoms. The number of carbonyl (C=O) groups is 2. The van der Waals surface area contributed by atoms with Crippen molar-refractivity contribution in [2.75, 3.05) is 13.7 Å². The number of carbonyl (C=O) groups excluding carboxylic acids is 1. The number of rotatable bonds is 8. The number of carboxylic acid groups (broad SMARTS) is 1. The van der Waals surface area contributed by atoms with Crippen molar-refractivity contribution in [1.29, 1.82) is 0 Å². The van der Waals surface area contributed by atoms with Crippen molar-refractivity contribution >= 4 is 18.1 Å². The minimum Gasteiger partial charge on any atom is -0.497 e. The lowest BCUT2D eigenvalue weighted by molar-refractivity contribution is -0.123. The lowest BCUT2D eigenvalue weighted by atomic mass is 10.0. The van der Waals surface area contributed by atoms with E-state index in [9.17, 15) is 9.59 Å². The molecule has 0 fully saturated rings. The summed E-state index contributed by atoms with van der Waals surface area (Å²) in [4.78, 5) is 22.9. The van der Waals surface area contributed by atoms with E-state index in [2.05, 4.69) is 10.5 Å². The van der Waals surface area contributed by atoms with Crippen LogP contribution in [0.4, 0.5) is 0 Å². The lowest BCUT2D eigenvalue weighted by Crippen LogP contribution is -2.24. The summed E-state index contributed by atoms with van der Waals surface area (Å²) in [6.07, 6.45) is 1.37. The molecule has 0 aliphatic rings. The molecule has 1 amide bonds. The minimum absolute atomic E-state index is 0.192. The van der Waals surface area contributed by atoms with Crippen LogP contribution < -0.4 is 14.9 Å². The molecule has 0 aliphatic heterocycles. The molecule has 0 radical (unpaired) electrons. The van der Waals surface area contributed by atoms with Gasteiger partial charge < -0.3 is 19.0 Å². The molecule has 3 aromatic rings. The number of furan rings is 1. The molecule has 0 bridgehead atoms. The molecule has 2 N–H and O–H groups in total. The second-order valence-electron chi connectivity index (χ2n) is 6.29. The Bertz CT molecular complexity index is 1070. The summed E-state index contributed by atoms with van der Waals surface area (Å²) < 4.78 is 16.1. The number of methoxy groups -OCH3 is 1. The molecule has 1 heterocycles. The average molecular weight is 408 g/mol. The molecular weight excluding hydrogens is 388 g/mol. The first-order valence-electron chi connectivity index (χ1n) is 8.99. The van der Waals surface area contributed by atoms with Crippen molar-refractivity contribution in [1.82, 2.24) is 5.43 Å². The Morgan fingerprint density at radius 2 is 1.83 bits per heavy atom. The molecule has 1 aromatic heterocycles. The molecule has 0 saturated carbocycles.